The molecular weight excluding hydrogens is 186 g/mol. The van der Waals surface area contributed by atoms with Gasteiger partial charge in [-0.05, 0) is 18.9 Å². The average Bonchev–Trinajstić information content (AvgIpc) is 2.75. The number of unbranched alkanes of at least 4 members (excludes halogenated alkanes) is 1. The van der Waals surface area contributed by atoms with Crippen molar-refractivity contribution >= 4 is 6.08 Å². The van der Waals surface area contributed by atoms with Crippen LogP contribution in [0.15, 0.2) is 17.3 Å². The van der Waals surface area contributed by atoms with Gasteiger partial charge in [0.25, 0.3) is 0 Å². The van der Waals surface area contributed by atoms with Crippen LogP contribution in [0.4, 0.5) is 0 Å². The predicted octanol–water partition coefficient (Wildman–Crippen LogP) is 4.18. The second-order valence-electron chi connectivity index (χ2n) is 4.29. The zero-order valence-corrected chi connectivity index (χ0v) is 10.0. The summed E-state index contributed by atoms with van der Waals surface area (Å²) in [6.07, 6.45) is 8.15. The highest BCUT2D eigenvalue weighted by atomic mass is 16.3. The third-order valence-electron chi connectivity index (χ3n) is 3.18. The molecule has 0 aliphatic heterocycles. The topological polar surface area (TPSA) is 26.0 Å². The molecule has 2 nitrogen and oxygen atoms in total. The molecule has 2 heteroatoms. The van der Waals surface area contributed by atoms with Crippen molar-refractivity contribution in [1.29, 1.82) is 0 Å². The van der Waals surface area contributed by atoms with Gasteiger partial charge in [-0.15, -0.1) is 0 Å². The minimum absolute atomic E-state index is 0.154. The molecule has 0 aliphatic carbocycles. The number of oxazole rings is 1. The van der Waals surface area contributed by atoms with Crippen molar-refractivity contribution in [3.05, 3.63) is 24.4 Å². The summed E-state index contributed by atoms with van der Waals surface area (Å²) in [5.41, 5.74) is 1.22. The van der Waals surface area contributed by atoms with E-state index in [-0.39, 0.29) is 5.41 Å². The summed E-state index contributed by atoms with van der Waals surface area (Å²) < 4.78 is 5.31. The Morgan fingerprint density at radius 1 is 1.53 bits per heavy atom. The van der Waals surface area contributed by atoms with Crippen LogP contribution in [0.1, 0.15) is 58.0 Å². The lowest BCUT2D eigenvalue weighted by atomic mass is 9.80. The molecule has 1 aromatic heterocycles. The van der Waals surface area contributed by atoms with Crippen molar-refractivity contribution < 1.29 is 4.42 Å². The molecular formula is C13H21NO. The van der Waals surface area contributed by atoms with Gasteiger partial charge in [-0.25, -0.2) is 4.98 Å². The normalized spacial score (nSPS) is 14.9. The van der Waals surface area contributed by atoms with Gasteiger partial charge in [0.05, 0.1) is 5.69 Å². The van der Waals surface area contributed by atoms with Gasteiger partial charge in [0.2, 0.25) is 5.89 Å². The molecule has 0 radical (unpaired) electrons. The first-order chi connectivity index (χ1) is 7.16. The molecule has 0 bridgehead atoms. The second-order valence-corrected chi connectivity index (χ2v) is 4.29. The number of hydrogen-bond acceptors (Lipinski definition) is 2. The van der Waals surface area contributed by atoms with Crippen LogP contribution >= 0.6 is 0 Å². The summed E-state index contributed by atoms with van der Waals surface area (Å²) in [6.45, 7) is 10.3. The number of rotatable bonds is 6. The van der Waals surface area contributed by atoms with Crippen molar-refractivity contribution in [3.63, 3.8) is 0 Å². The van der Waals surface area contributed by atoms with Gasteiger partial charge in [-0.3, -0.25) is 0 Å². The van der Waals surface area contributed by atoms with E-state index in [1.165, 1.54) is 19.3 Å². The molecule has 1 aromatic rings. The Balaban J connectivity index is 2.84. The Kier molecular flexibility index (Phi) is 4.13. The summed E-state index contributed by atoms with van der Waals surface area (Å²) in [4.78, 5) is 4.44. The van der Waals surface area contributed by atoms with Crippen molar-refractivity contribution in [2.75, 3.05) is 0 Å². The molecule has 1 unspecified atom stereocenters. The number of nitrogens with zero attached hydrogens (tertiary/aromatic N) is 1. The molecule has 0 saturated carbocycles. The Morgan fingerprint density at radius 2 is 2.27 bits per heavy atom. The lowest BCUT2D eigenvalue weighted by Crippen LogP contribution is -2.21. The molecule has 84 valence electrons. The van der Waals surface area contributed by atoms with Crippen LogP contribution in [0.25, 0.3) is 6.08 Å². The third kappa shape index (κ3) is 2.71. The van der Waals surface area contributed by atoms with Gasteiger partial charge in [0.1, 0.15) is 6.26 Å². The minimum Gasteiger partial charge on any atom is -0.445 e. The maximum atomic E-state index is 5.31. The van der Waals surface area contributed by atoms with E-state index in [0.29, 0.717) is 5.89 Å². The van der Waals surface area contributed by atoms with Crippen molar-refractivity contribution in [2.45, 2.75) is 51.9 Å². The van der Waals surface area contributed by atoms with E-state index in [1.54, 1.807) is 12.3 Å². The maximum Gasteiger partial charge on any atom is 0.218 e. The fraction of sp³-hybridized carbons (Fsp3) is 0.615. The van der Waals surface area contributed by atoms with Gasteiger partial charge in [0, 0.05) is 5.41 Å². The standard InChI is InChI=1S/C13H21NO/c1-5-8-9-13(4,7-3)11-10-15-12(6-2)14-11/h6,10H,2,5,7-9H2,1,3-4H3. The SMILES string of the molecule is C=Cc1nc(C(C)(CC)CCCC)co1. The molecule has 0 fully saturated rings. The number of aromatic nitrogens is 1. The Morgan fingerprint density at radius 3 is 2.73 bits per heavy atom. The van der Waals surface area contributed by atoms with Crippen LogP contribution in [-0.4, -0.2) is 4.98 Å². The van der Waals surface area contributed by atoms with E-state index in [1.807, 2.05) is 0 Å². The molecule has 1 rings (SSSR count). The van der Waals surface area contributed by atoms with E-state index < -0.39 is 0 Å². The summed E-state index contributed by atoms with van der Waals surface area (Å²) in [6, 6.07) is 0. The first-order valence-corrected chi connectivity index (χ1v) is 5.74. The quantitative estimate of drug-likeness (QED) is 0.699. The van der Waals surface area contributed by atoms with E-state index in [2.05, 4.69) is 32.3 Å². The average molecular weight is 207 g/mol. The van der Waals surface area contributed by atoms with Gasteiger partial charge in [-0.1, -0.05) is 40.2 Å². The van der Waals surface area contributed by atoms with Gasteiger partial charge in [0.15, 0.2) is 0 Å². The molecule has 15 heavy (non-hydrogen) atoms. The van der Waals surface area contributed by atoms with Crippen LogP contribution in [-0.2, 0) is 5.41 Å². The van der Waals surface area contributed by atoms with Crippen LogP contribution in [0.5, 0.6) is 0 Å². The zero-order chi connectivity index (χ0) is 11.3. The molecule has 0 saturated heterocycles. The van der Waals surface area contributed by atoms with Crippen LogP contribution in [0, 0.1) is 0 Å². The maximum absolute atomic E-state index is 5.31. The van der Waals surface area contributed by atoms with Gasteiger partial charge < -0.3 is 4.42 Å². The smallest absolute Gasteiger partial charge is 0.218 e. The Bertz CT molecular complexity index is 316. The number of hydrogen-bond donors (Lipinski definition) is 0. The van der Waals surface area contributed by atoms with E-state index in [9.17, 15) is 0 Å². The van der Waals surface area contributed by atoms with Gasteiger partial charge >= 0.3 is 0 Å². The van der Waals surface area contributed by atoms with Gasteiger partial charge in [-0.2, -0.15) is 0 Å². The minimum atomic E-state index is 0.154. The molecule has 0 amide bonds. The van der Waals surface area contributed by atoms with Crippen LogP contribution < -0.4 is 0 Å². The largest absolute Gasteiger partial charge is 0.445 e. The first-order valence-electron chi connectivity index (χ1n) is 5.74. The zero-order valence-electron chi connectivity index (χ0n) is 10.0. The molecule has 1 atom stereocenters. The van der Waals surface area contributed by atoms with Crippen LogP contribution in [0.2, 0.25) is 0 Å². The summed E-state index contributed by atoms with van der Waals surface area (Å²) in [5, 5.41) is 0. The summed E-state index contributed by atoms with van der Waals surface area (Å²) in [7, 11) is 0. The van der Waals surface area contributed by atoms with E-state index in [4.69, 9.17) is 4.42 Å². The summed E-state index contributed by atoms with van der Waals surface area (Å²) in [5.74, 6) is 0.626. The molecule has 0 N–H and O–H groups in total. The van der Waals surface area contributed by atoms with E-state index in [0.717, 1.165) is 12.1 Å². The van der Waals surface area contributed by atoms with Crippen molar-refractivity contribution in [1.82, 2.24) is 4.98 Å². The highest BCUT2D eigenvalue weighted by Gasteiger charge is 2.27. The first kappa shape index (κ1) is 12.0. The monoisotopic (exact) mass is 207 g/mol. The van der Waals surface area contributed by atoms with Crippen molar-refractivity contribution in [3.8, 4) is 0 Å². The highest BCUT2D eigenvalue weighted by Crippen LogP contribution is 2.32. The highest BCUT2D eigenvalue weighted by molar-refractivity contribution is 5.34. The van der Waals surface area contributed by atoms with E-state index >= 15 is 0 Å². The Hall–Kier alpha value is -1.05. The second kappa shape index (κ2) is 5.15. The Labute approximate surface area is 92.4 Å². The predicted molar refractivity (Wildman–Crippen MR) is 63.8 cm³/mol. The van der Waals surface area contributed by atoms with Crippen molar-refractivity contribution in [2.24, 2.45) is 0 Å². The van der Waals surface area contributed by atoms with Crippen LogP contribution in [0.3, 0.4) is 0 Å². The molecule has 0 aromatic carbocycles. The molecule has 0 aliphatic rings. The fourth-order valence-corrected chi connectivity index (χ4v) is 1.71. The summed E-state index contributed by atoms with van der Waals surface area (Å²) >= 11 is 0. The third-order valence-corrected chi connectivity index (χ3v) is 3.18. The lowest BCUT2D eigenvalue weighted by Gasteiger charge is -2.25. The molecule has 1 heterocycles. The fourth-order valence-electron chi connectivity index (χ4n) is 1.71. The molecule has 0 spiro atoms. The lowest BCUT2D eigenvalue weighted by molar-refractivity contribution is 0.391.